The second-order valence-corrected chi connectivity index (χ2v) is 6.90. The van der Waals surface area contributed by atoms with Gasteiger partial charge in [0, 0.05) is 10.7 Å². The molecule has 0 bridgehead atoms. The lowest BCUT2D eigenvalue weighted by Crippen LogP contribution is -2.29. The highest BCUT2D eigenvalue weighted by molar-refractivity contribution is 8.03. The molecule has 26 heavy (non-hydrogen) atoms. The summed E-state index contributed by atoms with van der Waals surface area (Å²) in [4.78, 5) is 23.7. The summed E-state index contributed by atoms with van der Waals surface area (Å²) in [6.07, 6.45) is 0. The lowest BCUT2D eigenvalue weighted by molar-refractivity contribution is -0.138. The predicted molar refractivity (Wildman–Crippen MR) is 101 cm³/mol. The van der Waals surface area contributed by atoms with Gasteiger partial charge in [0.05, 0.1) is 40.5 Å². The molecule has 0 aromatic heterocycles. The van der Waals surface area contributed by atoms with Crippen molar-refractivity contribution in [3.8, 4) is 6.07 Å². The van der Waals surface area contributed by atoms with Gasteiger partial charge in [-0.3, -0.25) is 4.79 Å². The molecule has 2 rings (SSSR count). The number of carbonyl (C=O) groups is 2. The molecule has 3 N–H and O–H groups in total. The molecule has 1 aliphatic rings. The van der Waals surface area contributed by atoms with Gasteiger partial charge in [-0.25, -0.2) is 4.79 Å². The van der Waals surface area contributed by atoms with E-state index in [2.05, 4.69) is 11.4 Å². The Bertz CT molecular complexity index is 825. The lowest BCUT2D eigenvalue weighted by atomic mass is 9.82. The number of hydrogen-bond donors (Lipinski definition) is 2. The number of nitrogens with two attached hydrogens (primary N) is 1. The second-order valence-electron chi connectivity index (χ2n) is 5.48. The Morgan fingerprint density at radius 1 is 1.38 bits per heavy atom. The van der Waals surface area contributed by atoms with Crippen LogP contribution in [0.5, 0.6) is 0 Å². The average Bonchev–Trinajstić information content (AvgIpc) is 2.60. The number of thioether (sulfide) groups is 1. The van der Waals surface area contributed by atoms with Gasteiger partial charge in [-0.05, 0) is 31.5 Å². The van der Waals surface area contributed by atoms with E-state index in [1.54, 1.807) is 38.1 Å². The number of nitrogens with one attached hydrogen (secondary N) is 1. The van der Waals surface area contributed by atoms with E-state index in [0.717, 1.165) is 17.3 Å². The minimum Gasteiger partial charge on any atom is -0.463 e. The number of nitrogens with zero attached hydrogens (tertiary/aromatic N) is 1. The van der Waals surface area contributed by atoms with Crippen molar-refractivity contribution in [2.45, 2.75) is 19.8 Å². The van der Waals surface area contributed by atoms with Crippen molar-refractivity contribution in [2.75, 3.05) is 12.4 Å². The van der Waals surface area contributed by atoms with Gasteiger partial charge in [0.15, 0.2) is 0 Å². The van der Waals surface area contributed by atoms with Crippen molar-refractivity contribution < 1.29 is 14.3 Å². The number of hydrogen-bond acceptors (Lipinski definition) is 6. The molecular formula is C18H18ClN3O3S. The largest absolute Gasteiger partial charge is 0.463 e. The minimum atomic E-state index is -0.618. The molecule has 0 spiro atoms. The fourth-order valence-electron chi connectivity index (χ4n) is 2.64. The van der Waals surface area contributed by atoms with E-state index < -0.39 is 17.8 Å². The summed E-state index contributed by atoms with van der Waals surface area (Å²) in [5.41, 5.74) is 7.19. The molecule has 0 fully saturated rings. The van der Waals surface area contributed by atoms with Crippen LogP contribution in [0.25, 0.3) is 0 Å². The van der Waals surface area contributed by atoms with Crippen LogP contribution < -0.4 is 11.1 Å². The van der Waals surface area contributed by atoms with E-state index in [-0.39, 0.29) is 12.4 Å². The maximum Gasteiger partial charge on any atom is 0.336 e. The van der Waals surface area contributed by atoms with Gasteiger partial charge >= 0.3 is 5.97 Å². The SMILES string of the molecule is CCOC(=O)C1=C(C)NC(SCC(N)=O)=C(C#N)[C@@H]1c1ccc(Cl)cc1. The maximum atomic E-state index is 12.5. The first-order chi connectivity index (χ1) is 12.4. The van der Waals surface area contributed by atoms with Gasteiger partial charge in [-0.2, -0.15) is 5.26 Å². The van der Waals surface area contributed by atoms with Crippen molar-refractivity contribution in [2.24, 2.45) is 5.73 Å². The summed E-state index contributed by atoms with van der Waals surface area (Å²) in [5.74, 6) is -1.59. The lowest BCUT2D eigenvalue weighted by Gasteiger charge is -2.29. The van der Waals surface area contributed by atoms with Crippen LogP contribution in [-0.4, -0.2) is 24.2 Å². The summed E-state index contributed by atoms with van der Waals surface area (Å²) in [6.45, 7) is 3.67. The number of amides is 1. The number of halogens is 1. The topological polar surface area (TPSA) is 105 Å². The van der Waals surface area contributed by atoms with Crippen molar-refractivity contribution in [1.82, 2.24) is 5.32 Å². The molecule has 136 valence electrons. The Labute approximate surface area is 161 Å². The number of carbonyl (C=O) groups excluding carboxylic acids is 2. The zero-order chi connectivity index (χ0) is 19.3. The Balaban J connectivity index is 2.57. The molecule has 0 aliphatic carbocycles. The van der Waals surface area contributed by atoms with E-state index in [0.29, 0.717) is 26.9 Å². The van der Waals surface area contributed by atoms with Crippen LogP contribution in [0.15, 0.2) is 46.1 Å². The van der Waals surface area contributed by atoms with Gasteiger partial charge in [0.2, 0.25) is 5.91 Å². The molecular weight excluding hydrogens is 374 g/mol. The van der Waals surface area contributed by atoms with Crippen molar-refractivity contribution in [3.05, 3.63) is 56.7 Å². The number of benzene rings is 1. The first-order valence-corrected chi connectivity index (χ1v) is 9.21. The fraction of sp³-hybridized carbons (Fsp3) is 0.278. The van der Waals surface area contributed by atoms with Crippen LogP contribution in [0.4, 0.5) is 0 Å². The maximum absolute atomic E-state index is 12.5. The fourth-order valence-corrected chi connectivity index (χ4v) is 3.59. The first kappa shape index (κ1) is 19.9. The third kappa shape index (κ3) is 4.40. The van der Waals surface area contributed by atoms with Crippen LogP contribution in [0.3, 0.4) is 0 Å². The summed E-state index contributed by atoms with van der Waals surface area (Å²) >= 11 is 7.09. The van der Waals surface area contributed by atoms with Crippen LogP contribution in [0.2, 0.25) is 5.02 Å². The van der Waals surface area contributed by atoms with Crippen molar-refractivity contribution in [1.29, 1.82) is 5.26 Å². The van der Waals surface area contributed by atoms with Gasteiger partial charge < -0.3 is 15.8 Å². The predicted octanol–water partition coefficient (Wildman–Crippen LogP) is 2.82. The zero-order valence-corrected chi connectivity index (χ0v) is 15.9. The summed E-state index contributed by atoms with van der Waals surface area (Å²) in [7, 11) is 0. The number of esters is 1. The van der Waals surface area contributed by atoms with Crippen LogP contribution in [0.1, 0.15) is 25.3 Å². The molecule has 6 nitrogen and oxygen atoms in total. The van der Waals surface area contributed by atoms with E-state index >= 15 is 0 Å². The molecule has 1 heterocycles. The highest BCUT2D eigenvalue weighted by atomic mass is 35.5. The molecule has 1 amide bonds. The van der Waals surface area contributed by atoms with Crippen LogP contribution in [0, 0.1) is 11.3 Å². The van der Waals surface area contributed by atoms with Gasteiger partial charge in [-0.15, -0.1) is 0 Å². The quantitative estimate of drug-likeness (QED) is 0.722. The smallest absolute Gasteiger partial charge is 0.336 e. The Morgan fingerprint density at radius 2 is 2.04 bits per heavy atom. The molecule has 1 aromatic carbocycles. The second kappa shape index (κ2) is 8.79. The molecule has 1 aliphatic heterocycles. The first-order valence-electron chi connectivity index (χ1n) is 7.84. The third-order valence-electron chi connectivity index (χ3n) is 3.70. The molecule has 1 aromatic rings. The molecule has 0 radical (unpaired) electrons. The highest BCUT2D eigenvalue weighted by Gasteiger charge is 2.35. The minimum absolute atomic E-state index is 0.0167. The molecule has 1 atom stereocenters. The van der Waals surface area contributed by atoms with Gasteiger partial charge in [0.1, 0.15) is 0 Å². The normalized spacial score (nSPS) is 16.8. The Kier molecular flexibility index (Phi) is 6.72. The summed E-state index contributed by atoms with van der Waals surface area (Å²) < 4.78 is 5.18. The number of rotatable bonds is 6. The highest BCUT2D eigenvalue weighted by Crippen LogP contribution is 2.41. The monoisotopic (exact) mass is 391 g/mol. The van der Waals surface area contributed by atoms with E-state index in [1.807, 2.05) is 0 Å². The molecule has 0 unspecified atom stereocenters. The van der Waals surface area contributed by atoms with Crippen molar-refractivity contribution in [3.63, 3.8) is 0 Å². The third-order valence-corrected chi connectivity index (χ3v) is 5.00. The van der Waals surface area contributed by atoms with Crippen molar-refractivity contribution >= 4 is 35.2 Å². The summed E-state index contributed by atoms with van der Waals surface area (Å²) in [6, 6.07) is 9.08. The Hall–Kier alpha value is -2.43. The van der Waals surface area contributed by atoms with Crippen LogP contribution in [-0.2, 0) is 14.3 Å². The van der Waals surface area contributed by atoms with E-state index in [4.69, 9.17) is 22.1 Å². The standard InChI is InChI=1S/C18H18ClN3O3S/c1-3-25-18(24)15-10(2)22-17(26-9-14(21)23)13(8-20)16(15)11-4-6-12(19)7-5-11/h4-7,16,22H,3,9H2,1-2H3,(H2,21,23)/t16-/m0/s1. The van der Waals surface area contributed by atoms with Crippen LogP contribution >= 0.6 is 23.4 Å². The molecule has 8 heteroatoms. The van der Waals surface area contributed by atoms with E-state index in [1.165, 1.54) is 0 Å². The summed E-state index contributed by atoms with van der Waals surface area (Å²) in [5, 5.41) is 13.8. The number of dihydropyridines is 1. The van der Waals surface area contributed by atoms with Gasteiger partial charge in [0.25, 0.3) is 0 Å². The van der Waals surface area contributed by atoms with E-state index in [9.17, 15) is 14.9 Å². The zero-order valence-electron chi connectivity index (χ0n) is 14.3. The average molecular weight is 392 g/mol. The number of nitriles is 1. The van der Waals surface area contributed by atoms with Gasteiger partial charge in [-0.1, -0.05) is 35.5 Å². The number of ether oxygens (including phenoxy) is 1. The molecule has 0 saturated carbocycles. The number of allylic oxidation sites excluding steroid dienone is 2. The Morgan fingerprint density at radius 3 is 2.58 bits per heavy atom. The molecule has 0 saturated heterocycles. The number of primary amides is 1.